The molecule has 0 bridgehead atoms. The lowest BCUT2D eigenvalue weighted by Gasteiger charge is -2.17. The van der Waals surface area contributed by atoms with Gasteiger partial charge in [-0.2, -0.15) is 0 Å². The summed E-state index contributed by atoms with van der Waals surface area (Å²) in [5.74, 6) is 1.96. The van der Waals surface area contributed by atoms with Crippen molar-refractivity contribution in [3.63, 3.8) is 0 Å². The molecule has 2 heterocycles. The number of carbonyl (C=O) groups is 1. The summed E-state index contributed by atoms with van der Waals surface area (Å²) in [7, 11) is 0. The maximum Gasteiger partial charge on any atom is 0.349 e. The molecule has 2 aromatic heterocycles. The van der Waals surface area contributed by atoms with Crippen LogP contribution in [0.5, 0.6) is 17.2 Å². The van der Waals surface area contributed by atoms with E-state index in [1.807, 2.05) is 110 Å². The molecule has 0 aliphatic rings. The number of nitrogens with zero attached hydrogens (tertiary/aromatic N) is 2. The lowest BCUT2D eigenvalue weighted by Crippen LogP contribution is -2.18. The summed E-state index contributed by atoms with van der Waals surface area (Å²) in [5.41, 5.74) is 5.14. The zero-order valence-electron chi connectivity index (χ0n) is 26.0. The minimum Gasteiger partial charge on any atom is -0.483 e. The molecular weight excluding hydrogens is 719 g/mol. The Hall–Kier alpha value is -5.29. The Labute approximate surface area is 290 Å². The van der Waals surface area contributed by atoms with Crippen LogP contribution in [0.15, 0.2) is 126 Å². The molecule has 9 heteroatoms. The van der Waals surface area contributed by atoms with Crippen molar-refractivity contribution in [2.45, 2.75) is 26.2 Å². The number of carboxylic acids is 1. The van der Waals surface area contributed by atoms with Crippen molar-refractivity contribution in [1.82, 2.24) is 9.55 Å². The van der Waals surface area contributed by atoms with Crippen molar-refractivity contribution in [1.29, 1.82) is 0 Å². The Bertz CT molecular complexity index is 2210. The van der Waals surface area contributed by atoms with Crippen molar-refractivity contribution in [2.75, 3.05) is 4.61 Å². The van der Waals surface area contributed by atoms with Gasteiger partial charge in [0.1, 0.15) is 28.4 Å². The summed E-state index contributed by atoms with van der Waals surface area (Å²) in [4.78, 5) is 17.0. The summed E-state index contributed by atoms with van der Waals surface area (Å²) in [5, 5.41) is 11.9. The first-order chi connectivity index (χ1) is 23.5. The molecule has 1 unspecified atom stereocenters. The fourth-order valence-electron chi connectivity index (χ4n) is 5.89. The second-order valence-corrected chi connectivity index (χ2v) is 11.8. The lowest BCUT2D eigenvalue weighted by molar-refractivity contribution is -0.145. The predicted octanol–water partition coefficient (Wildman–Crippen LogP) is 9.36. The maximum atomic E-state index is 12.3. The number of ether oxygens (including phenoxy) is 3. The first-order valence-electron chi connectivity index (χ1n) is 15.4. The van der Waals surface area contributed by atoms with E-state index in [4.69, 9.17) is 18.6 Å². The largest absolute Gasteiger partial charge is 0.483 e. The van der Waals surface area contributed by atoms with Crippen LogP contribution < -0.4 is 14.2 Å². The van der Waals surface area contributed by atoms with Gasteiger partial charge in [-0.3, -0.25) is 0 Å². The molecule has 5 aromatic carbocycles. The molecule has 0 aliphatic heterocycles. The second kappa shape index (κ2) is 13.8. The van der Waals surface area contributed by atoms with E-state index in [-0.39, 0.29) is 6.61 Å². The number of aromatic nitrogens is 2. The molecule has 1 N–H and O–H groups in total. The highest BCUT2D eigenvalue weighted by molar-refractivity contribution is 14.1. The first-order valence-corrected chi connectivity index (χ1v) is 16.9. The summed E-state index contributed by atoms with van der Waals surface area (Å²) in [6.45, 7) is 2.65. The highest BCUT2D eigenvalue weighted by Gasteiger charge is 2.24. The molecule has 0 amide bonds. The van der Waals surface area contributed by atoms with Gasteiger partial charge in [-0.15, -0.1) is 0 Å². The minimum absolute atomic E-state index is 0.231. The van der Waals surface area contributed by atoms with Crippen LogP contribution >= 0.6 is 22.6 Å². The maximum absolute atomic E-state index is 12.3. The molecule has 0 radical (unpaired) electrons. The third-order valence-corrected chi connectivity index (χ3v) is 8.48. The van der Waals surface area contributed by atoms with Crippen LogP contribution in [0.4, 0.5) is 0 Å². The fourth-order valence-corrected chi connectivity index (χ4v) is 6.22. The number of carboxylic acid groups (broad SMARTS) is 1. The molecule has 240 valence electrons. The van der Waals surface area contributed by atoms with Crippen LogP contribution in [0.3, 0.4) is 0 Å². The third kappa shape index (κ3) is 6.33. The normalized spacial score (nSPS) is 11.9. The highest BCUT2D eigenvalue weighted by Crippen LogP contribution is 2.39. The number of alkyl halides is 1. The number of fused-ring (bicyclic) bond motifs is 3. The van der Waals surface area contributed by atoms with Crippen LogP contribution in [0.1, 0.15) is 28.7 Å². The predicted molar refractivity (Wildman–Crippen MR) is 193 cm³/mol. The van der Waals surface area contributed by atoms with Gasteiger partial charge in [0.15, 0.2) is 11.5 Å². The monoisotopic (exact) mass is 750 g/mol. The molecule has 0 saturated heterocycles. The molecule has 0 saturated carbocycles. The molecule has 1 atom stereocenters. The van der Waals surface area contributed by atoms with Crippen molar-refractivity contribution in [3.05, 3.63) is 144 Å². The standard InChI is InChI=1S/C39H31IN2O6/c1-25-30(41-38(47-25)28-13-6-3-7-14-28)23-45-33-20-19-26(21-35(33)46-24-40)22-42-31-16-9-8-15-29(31)36-32(42)17-10-18-34(36)48-37(39(43)44)27-11-4-2-5-12-27/h2-21,37H,22-24H2,1H3,(H,43,44). The Balaban J connectivity index is 1.19. The molecule has 0 fully saturated rings. The van der Waals surface area contributed by atoms with E-state index in [0.717, 1.165) is 38.6 Å². The Morgan fingerprint density at radius 3 is 2.33 bits per heavy atom. The number of hydrogen-bond donors (Lipinski definition) is 1. The number of aliphatic carboxylic acids is 1. The molecule has 7 rings (SSSR count). The Kier molecular flexibility index (Phi) is 9.02. The van der Waals surface area contributed by atoms with Crippen LogP contribution in [0.2, 0.25) is 0 Å². The topological polar surface area (TPSA) is 96.0 Å². The van der Waals surface area contributed by atoms with Crippen LogP contribution in [0, 0.1) is 6.92 Å². The average Bonchev–Trinajstić information content (AvgIpc) is 3.65. The molecule has 48 heavy (non-hydrogen) atoms. The molecule has 8 nitrogen and oxygen atoms in total. The number of halogens is 1. The van der Waals surface area contributed by atoms with E-state index in [0.29, 0.717) is 45.6 Å². The number of para-hydroxylation sites is 1. The van der Waals surface area contributed by atoms with Gasteiger partial charge in [0.25, 0.3) is 0 Å². The third-order valence-electron chi connectivity index (χ3n) is 8.17. The van der Waals surface area contributed by atoms with Gasteiger partial charge in [-0.05, 0) is 77.5 Å². The van der Waals surface area contributed by atoms with Gasteiger partial charge >= 0.3 is 5.97 Å². The van der Waals surface area contributed by atoms with E-state index < -0.39 is 12.1 Å². The van der Waals surface area contributed by atoms with E-state index >= 15 is 0 Å². The molecule has 0 spiro atoms. The fraction of sp³-hybridized carbons (Fsp3) is 0.128. The average molecular weight is 751 g/mol. The van der Waals surface area contributed by atoms with Gasteiger partial charge < -0.3 is 28.3 Å². The molecular formula is C39H31IN2O6. The van der Waals surface area contributed by atoms with Gasteiger partial charge in [0.05, 0.1) is 5.52 Å². The first kappa shape index (κ1) is 31.3. The number of oxazole rings is 1. The summed E-state index contributed by atoms with van der Waals surface area (Å²) in [6, 6.07) is 38.6. The van der Waals surface area contributed by atoms with Gasteiger partial charge in [-0.25, -0.2) is 9.78 Å². The summed E-state index contributed by atoms with van der Waals surface area (Å²) < 4.78 is 27.1. The van der Waals surface area contributed by atoms with E-state index in [9.17, 15) is 9.90 Å². The Morgan fingerprint density at radius 2 is 1.56 bits per heavy atom. The van der Waals surface area contributed by atoms with E-state index in [1.165, 1.54) is 0 Å². The number of benzene rings is 5. The van der Waals surface area contributed by atoms with Crippen molar-refractivity contribution in [3.8, 4) is 28.7 Å². The Morgan fingerprint density at radius 1 is 0.833 bits per heavy atom. The summed E-state index contributed by atoms with van der Waals surface area (Å²) in [6.07, 6.45) is -1.15. The minimum atomic E-state index is -1.15. The van der Waals surface area contributed by atoms with E-state index in [2.05, 4.69) is 38.2 Å². The highest BCUT2D eigenvalue weighted by atomic mass is 127. The molecule has 0 aliphatic carbocycles. The van der Waals surface area contributed by atoms with Crippen LogP contribution in [-0.2, 0) is 17.9 Å². The quantitative estimate of drug-likeness (QED) is 0.0983. The lowest BCUT2D eigenvalue weighted by atomic mass is 10.1. The van der Waals surface area contributed by atoms with E-state index in [1.54, 1.807) is 12.1 Å². The van der Waals surface area contributed by atoms with Crippen molar-refractivity contribution in [2.24, 2.45) is 0 Å². The van der Waals surface area contributed by atoms with Gasteiger partial charge in [0.2, 0.25) is 12.0 Å². The second-order valence-electron chi connectivity index (χ2n) is 11.2. The number of hydrogen-bond acceptors (Lipinski definition) is 6. The zero-order chi connectivity index (χ0) is 33.0. The number of rotatable bonds is 12. The number of aryl methyl sites for hydroxylation is 1. The van der Waals surface area contributed by atoms with Crippen molar-refractivity contribution < 1.29 is 28.5 Å². The molecule has 7 aromatic rings. The van der Waals surface area contributed by atoms with Crippen LogP contribution in [-0.4, -0.2) is 25.2 Å². The summed E-state index contributed by atoms with van der Waals surface area (Å²) >= 11 is 2.18. The SMILES string of the molecule is Cc1oc(-c2ccccc2)nc1COc1ccc(Cn2c3ccccc3c3c(OC(C(=O)O)c4ccccc4)cccc32)cc1OCI. The van der Waals surface area contributed by atoms with Crippen molar-refractivity contribution >= 4 is 50.4 Å². The van der Waals surface area contributed by atoms with Gasteiger partial charge in [-0.1, -0.05) is 78.9 Å². The van der Waals surface area contributed by atoms with Crippen LogP contribution in [0.25, 0.3) is 33.3 Å². The smallest absolute Gasteiger partial charge is 0.349 e. The zero-order valence-corrected chi connectivity index (χ0v) is 28.2. The van der Waals surface area contributed by atoms with Gasteiger partial charge in [0, 0.05) is 34.0 Å².